The molecule has 0 saturated carbocycles. The van der Waals surface area contributed by atoms with Gasteiger partial charge in [0, 0.05) is 12.4 Å². The Bertz CT molecular complexity index is 2010. The molecule has 1 amide bonds. The van der Waals surface area contributed by atoms with Crippen LogP contribution < -0.4 is 15.4 Å². The average Bonchev–Trinajstić information content (AvgIpc) is 3.43. The molecule has 6 rings (SSSR count). The number of piperidine rings is 1. The number of carbonyl (C=O) groups excluding carboxylic acids is 1. The van der Waals surface area contributed by atoms with Gasteiger partial charge in [-0.2, -0.15) is 4.98 Å². The molecule has 1 aliphatic rings. The number of amides is 1. The van der Waals surface area contributed by atoms with Crippen molar-refractivity contribution in [3.8, 4) is 5.75 Å². The lowest BCUT2D eigenvalue weighted by molar-refractivity contribution is -0.122. The second kappa shape index (κ2) is 11.9. The number of aromatic amines is 2. The minimum atomic E-state index is -3.58. The van der Waals surface area contributed by atoms with E-state index in [1.165, 1.54) is 5.56 Å². The van der Waals surface area contributed by atoms with Gasteiger partial charge in [0.05, 0.1) is 39.4 Å². The first kappa shape index (κ1) is 30.8. The van der Waals surface area contributed by atoms with Crippen LogP contribution in [0.1, 0.15) is 57.6 Å². The molecular weight excluding hydrogens is 592 g/mol. The molecule has 0 atom stereocenters. The van der Waals surface area contributed by atoms with E-state index in [1.54, 1.807) is 33.0 Å². The summed E-state index contributed by atoms with van der Waals surface area (Å²) in [4.78, 5) is 25.6. The normalized spacial score (nSPS) is 15.1. The highest BCUT2D eigenvalue weighted by molar-refractivity contribution is 7.92. The Kier molecular flexibility index (Phi) is 8.16. The molecular formula is C32H40N8O4S. The molecule has 2 aromatic carbocycles. The molecule has 0 aliphatic carbocycles. The molecule has 0 unspecified atom stereocenters. The summed E-state index contributed by atoms with van der Waals surface area (Å²) in [7, 11) is -1.91. The van der Waals surface area contributed by atoms with Crippen LogP contribution in [0.2, 0.25) is 0 Å². The molecule has 0 radical (unpaired) electrons. The van der Waals surface area contributed by atoms with Crippen LogP contribution in [0.4, 0.5) is 11.6 Å². The minimum absolute atomic E-state index is 0.0369. The number of anilines is 2. The number of aryl methyl sites for hydroxylation is 1. The third-order valence-corrected chi connectivity index (χ3v) is 10.7. The quantitative estimate of drug-likeness (QED) is 0.165. The molecule has 238 valence electrons. The lowest BCUT2D eigenvalue weighted by atomic mass is 9.86. The summed E-state index contributed by atoms with van der Waals surface area (Å²) in [5.41, 5.74) is 5.14. The van der Waals surface area contributed by atoms with E-state index in [0.717, 1.165) is 37.2 Å². The highest BCUT2D eigenvalue weighted by atomic mass is 32.2. The number of fused-ring (bicyclic) bond motifs is 2. The SMILES string of the molecule is CNC(=O)CN1CCC(c2cc(OC(C)C)c(Nc3nc4[nH]c5c(S(=O)(=O)C(C)C)cccc5c5nnc([nH]3)c45)cc2C)CC1. The van der Waals surface area contributed by atoms with Crippen LogP contribution in [-0.2, 0) is 14.6 Å². The van der Waals surface area contributed by atoms with Gasteiger partial charge in [-0.05, 0) is 95.8 Å². The van der Waals surface area contributed by atoms with Crippen LogP contribution in [0.25, 0.3) is 33.1 Å². The first-order valence-electron chi connectivity index (χ1n) is 15.4. The van der Waals surface area contributed by atoms with Crippen LogP contribution in [0.15, 0.2) is 35.2 Å². The Morgan fingerprint density at radius 2 is 1.84 bits per heavy atom. The number of aromatic nitrogens is 5. The third-order valence-electron chi connectivity index (χ3n) is 8.53. The van der Waals surface area contributed by atoms with Crippen molar-refractivity contribution in [2.24, 2.45) is 0 Å². The second-order valence-electron chi connectivity index (χ2n) is 12.3. The van der Waals surface area contributed by atoms with Crippen LogP contribution in [0, 0.1) is 6.92 Å². The van der Waals surface area contributed by atoms with Gasteiger partial charge in [-0.25, -0.2) is 8.42 Å². The van der Waals surface area contributed by atoms with E-state index >= 15 is 0 Å². The number of sulfone groups is 1. The van der Waals surface area contributed by atoms with Gasteiger partial charge in [-0.1, -0.05) is 12.1 Å². The number of hydrogen-bond donors (Lipinski definition) is 4. The Labute approximate surface area is 262 Å². The number of pyridine rings is 1. The number of ether oxygens (including phenoxy) is 1. The number of H-pyrrole nitrogens is 2. The molecule has 1 fully saturated rings. The predicted octanol–water partition coefficient (Wildman–Crippen LogP) is 4.93. The number of para-hydroxylation sites is 1. The number of nitrogens with one attached hydrogen (secondary N) is 4. The zero-order valence-corrected chi connectivity index (χ0v) is 27.3. The lowest BCUT2D eigenvalue weighted by Gasteiger charge is -2.32. The summed E-state index contributed by atoms with van der Waals surface area (Å²) in [5, 5.41) is 15.7. The number of nitrogens with zero attached hydrogens (tertiary/aromatic N) is 4. The Morgan fingerprint density at radius 3 is 2.53 bits per heavy atom. The highest BCUT2D eigenvalue weighted by Gasteiger charge is 2.26. The van der Waals surface area contributed by atoms with Crippen LogP contribution >= 0.6 is 0 Å². The number of likely N-dealkylation sites (N-methyl/N-ethyl adjacent to an activating group) is 1. The number of carbonyl (C=O) groups is 1. The fourth-order valence-corrected chi connectivity index (χ4v) is 7.36. The van der Waals surface area contributed by atoms with Crippen LogP contribution in [-0.4, -0.2) is 82.4 Å². The minimum Gasteiger partial charge on any atom is -0.489 e. The molecule has 13 heteroatoms. The number of hydrogen-bond acceptors (Lipinski definition) is 9. The van der Waals surface area contributed by atoms with E-state index < -0.39 is 15.1 Å². The molecule has 1 saturated heterocycles. The monoisotopic (exact) mass is 632 g/mol. The number of benzene rings is 2. The highest BCUT2D eigenvalue weighted by Crippen LogP contribution is 2.39. The third kappa shape index (κ3) is 5.82. The van der Waals surface area contributed by atoms with E-state index in [-0.39, 0.29) is 16.9 Å². The molecule has 1 aliphatic heterocycles. The maximum atomic E-state index is 13.2. The van der Waals surface area contributed by atoms with Crippen molar-refractivity contribution in [1.82, 2.24) is 35.4 Å². The Morgan fingerprint density at radius 1 is 1.09 bits per heavy atom. The van der Waals surface area contributed by atoms with Gasteiger partial charge in [-0.3, -0.25) is 9.69 Å². The van der Waals surface area contributed by atoms with Crippen LogP contribution in [0.5, 0.6) is 5.75 Å². The molecule has 12 nitrogen and oxygen atoms in total. The first-order chi connectivity index (χ1) is 21.5. The van der Waals surface area contributed by atoms with E-state index in [2.05, 4.69) is 54.8 Å². The zero-order chi connectivity index (χ0) is 32.0. The summed E-state index contributed by atoms with van der Waals surface area (Å²) < 4.78 is 32.8. The van der Waals surface area contributed by atoms with Gasteiger partial charge in [0.15, 0.2) is 15.5 Å². The van der Waals surface area contributed by atoms with E-state index in [4.69, 9.17) is 9.72 Å². The summed E-state index contributed by atoms with van der Waals surface area (Å²) in [6.07, 6.45) is 1.86. The van der Waals surface area contributed by atoms with E-state index in [9.17, 15) is 13.2 Å². The zero-order valence-electron chi connectivity index (χ0n) is 26.5. The fraction of sp³-hybridized carbons (Fsp3) is 0.438. The van der Waals surface area contributed by atoms with Crippen molar-refractivity contribution < 1.29 is 17.9 Å². The van der Waals surface area contributed by atoms with Crippen molar-refractivity contribution >= 4 is 60.5 Å². The van der Waals surface area contributed by atoms with Crippen LogP contribution in [0.3, 0.4) is 0 Å². The summed E-state index contributed by atoms with van der Waals surface area (Å²) in [6.45, 7) is 11.6. The largest absolute Gasteiger partial charge is 0.489 e. The first-order valence-corrected chi connectivity index (χ1v) is 16.9. The van der Waals surface area contributed by atoms with E-state index in [1.807, 2.05) is 19.9 Å². The molecule has 4 N–H and O–H groups in total. The maximum absolute atomic E-state index is 13.2. The van der Waals surface area contributed by atoms with Crippen molar-refractivity contribution in [3.05, 3.63) is 41.5 Å². The Hall–Kier alpha value is -4.23. The smallest absolute Gasteiger partial charge is 0.233 e. The molecule has 0 spiro atoms. The Balaban J connectivity index is 1.37. The topological polar surface area (TPSA) is 158 Å². The maximum Gasteiger partial charge on any atom is 0.233 e. The van der Waals surface area contributed by atoms with Gasteiger partial charge in [-0.15, -0.1) is 10.2 Å². The van der Waals surface area contributed by atoms with Crippen molar-refractivity contribution in [3.63, 3.8) is 0 Å². The second-order valence-corrected chi connectivity index (χ2v) is 14.8. The lowest BCUT2D eigenvalue weighted by Crippen LogP contribution is -2.40. The number of likely N-dealkylation sites (tertiary alicyclic amines) is 1. The van der Waals surface area contributed by atoms with Gasteiger partial charge in [0.1, 0.15) is 16.9 Å². The summed E-state index contributed by atoms with van der Waals surface area (Å²) in [6, 6.07) is 9.38. The standard InChI is InChI=1S/C32H40N8O4S/c1-17(2)44-24-15-22(20-10-12-40(13-11-20)16-26(41)33-6)19(5)14-23(24)34-32-36-30-27-29(38-39-31(27)37-32)21-8-7-9-25(28(21)35-30)45(42,43)18(3)4/h7-9,14-15,17-18,20H,10-13,16H2,1-6H3,(H,33,41)(H3,34,35,36,37,38,39). The predicted molar refractivity (Wildman–Crippen MR) is 176 cm³/mol. The summed E-state index contributed by atoms with van der Waals surface area (Å²) in [5.74, 6) is 1.51. The molecule has 0 bridgehead atoms. The number of rotatable bonds is 9. The fourth-order valence-electron chi connectivity index (χ4n) is 6.14. The van der Waals surface area contributed by atoms with Gasteiger partial charge >= 0.3 is 0 Å². The summed E-state index contributed by atoms with van der Waals surface area (Å²) >= 11 is 0. The molecule has 3 aromatic heterocycles. The van der Waals surface area contributed by atoms with Crippen molar-refractivity contribution in [2.75, 3.05) is 32.0 Å². The van der Waals surface area contributed by atoms with Gasteiger partial charge in [0.2, 0.25) is 11.9 Å². The van der Waals surface area contributed by atoms with Crippen molar-refractivity contribution in [2.45, 2.75) is 69.6 Å². The molecule has 4 heterocycles. The average molecular weight is 633 g/mol. The van der Waals surface area contributed by atoms with E-state index in [0.29, 0.717) is 57.3 Å². The van der Waals surface area contributed by atoms with Gasteiger partial charge < -0.3 is 25.3 Å². The van der Waals surface area contributed by atoms with Gasteiger partial charge in [0.25, 0.3) is 0 Å². The molecule has 5 aromatic rings. The molecule has 45 heavy (non-hydrogen) atoms. The van der Waals surface area contributed by atoms with Crippen molar-refractivity contribution in [1.29, 1.82) is 0 Å².